The predicted octanol–water partition coefficient (Wildman–Crippen LogP) is 4.71. The highest BCUT2D eigenvalue weighted by atomic mass is 32.2. The van der Waals surface area contributed by atoms with Gasteiger partial charge in [0.25, 0.3) is 5.91 Å². The van der Waals surface area contributed by atoms with Crippen molar-refractivity contribution in [1.82, 2.24) is 20.1 Å². The van der Waals surface area contributed by atoms with Gasteiger partial charge in [-0.3, -0.25) is 4.79 Å². The zero-order valence-corrected chi connectivity index (χ0v) is 18.1. The Labute approximate surface area is 176 Å². The van der Waals surface area contributed by atoms with Crippen LogP contribution in [0, 0.1) is 0 Å². The minimum Gasteiger partial charge on any atom is -0.350 e. The van der Waals surface area contributed by atoms with E-state index in [1.165, 1.54) is 5.56 Å². The van der Waals surface area contributed by atoms with E-state index in [1.807, 2.05) is 49.4 Å². The van der Waals surface area contributed by atoms with Gasteiger partial charge in [0.15, 0.2) is 5.16 Å². The molecule has 2 aromatic carbocycles. The number of nitrogens with zero attached hydrogens (tertiary/aromatic N) is 3. The molecule has 0 saturated heterocycles. The van der Waals surface area contributed by atoms with Crippen LogP contribution >= 0.6 is 11.8 Å². The lowest BCUT2D eigenvalue weighted by Gasteiger charge is -2.11. The van der Waals surface area contributed by atoms with Crippen LogP contribution in [-0.2, 0) is 18.7 Å². The summed E-state index contributed by atoms with van der Waals surface area (Å²) in [6, 6.07) is 18.3. The third-order valence-corrected chi connectivity index (χ3v) is 5.93. The first-order valence-corrected chi connectivity index (χ1v) is 11.1. The van der Waals surface area contributed by atoms with Crippen LogP contribution in [0.4, 0.5) is 0 Å². The van der Waals surface area contributed by atoms with Crippen molar-refractivity contribution in [3.05, 3.63) is 77.1 Å². The van der Waals surface area contributed by atoms with Gasteiger partial charge in [0, 0.05) is 30.3 Å². The quantitative estimate of drug-likeness (QED) is 0.521. The maximum Gasteiger partial charge on any atom is 0.251 e. The summed E-state index contributed by atoms with van der Waals surface area (Å²) in [4.78, 5) is 12.2. The van der Waals surface area contributed by atoms with Crippen LogP contribution in [0.1, 0.15) is 54.5 Å². The van der Waals surface area contributed by atoms with Crippen LogP contribution in [0.25, 0.3) is 0 Å². The second-order valence-electron chi connectivity index (χ2n) is 7.07. The smallest absolute Gasteiger partial charge is 0.251 e. The van der Waals surface area contributed by atoms with E-state index in [4.69, 9.17) is 0 Å². The summed E-state index contributed by atoms with van der Waals surface area (Å²) in [7, 11) is 0. The van der Waals surface area contributed by atoms with Crippen molar-refractivity contribution in [3.63, 3.8) is 0 Å². The molecule has 3 aromatic rings. The van der Waals surface area contributed by atoms with Crippen molar-refractivity contribution in [3.8, 4) is 0 Å². The minimum absolute atomic E-state index is 0.0187. The Hall–Kier alpha value is -2.60. The first kappa shape index (κ1) is 21.1. The molecule has 5 nitrogen and oxygen atoms in total. The van der Waals surface area contributed by atoms with Crippen molar-refractivity contribution in [1.29, 1.82) is 0 Å². The van der Waals surface area contributed by atoms with Gasteiger partial charge < -0.3 is 9.88 Å². The molecule has 1 aromatic heterocycles. The summed E-state index contributed by atoms with van der Waals surface area (Å²) < 4.78 is 2.17. The lowest BCUT2D eigenvalue weighted by atomic mass is 10.1. The Bertz CT molecular complexity index is 922. The van der Waals surface area contributed by atoms with Crippen LogP contribution in [-0.4, -0.2) is 26.7 Å². The molecule has 29 heavy (non-hydrogen) atoms. The van der Waals surface area contributed by atoms with Crippen LogP contribution in [0.2, 0.25) is 0 Å². The van der Waals surface area contributed by atoms with Crippen molar-refractivity contribution in [2.75, 3.05) is 0 Å². The Balaban J connectivity index is 1.62. The molecule has 0 aliphatic carbocycles. The second-order valence-corrected chi connectivity index (χ2v) is 8.02. The van der Waals surface area contributed by atoms with Gasteiger partial charge in [0.1, 0.15) is 5.82 Å². The summed E-state index contributed by atoms with van der Waals surface area (Å²) in [6.07, 6.45) is 1.70. The SMILES string of the molecule is CCC(C)NC(=O)c1ccc(CSc2nnc(Cc3ccccc3)n2CC)cc1. The first-order valence-electron chi connectivity index (χ1n) is 10.1. The van der Waals surface area contributed by atoms with E-state index in [-0.39, 0.29) is 11.9 Å². The largest absolute Gasteiger partial charge is 0.350 e. The molecule has 0 spiro atoms. The molecule has 0 radical (unpaired) electrons. The molecule has 3 rings (SSSR count). The van der Waals surface area contributed by atoms with Gasteiger partial charge in [0.05, 0.1) is 0 Å². The second kappa shape index (κ2) is 10.3. The highest BCUT2D eigenvalue weighted by Gasteiger charge is 2.13. The van der Waals surface area contributed by atoms with E-state index < -0.39 is 0 Å². The number of carbonyl (C=O) groups is 1. The zero-order chi connectivity index (χ0) is 20.6. The maximum atomic E-state index is 12.2. The van der Waals surface area contributed by atoms with Crippen molar-refractivity contribution in [2.24, 2.45) is 0 Å². The number of benzene rings is 2. The van der Waals surface area contributed by atoms with Crippen molar-refractivity contribution in [2.45, 2.75) is 57.1 Å². The van der Waals surface area contributed by atoms with Crippen LogP contribution < -0.4 is 5.32 Å². The molecule has 1 heterocycles. The third kappa shape index (κ3) is 5.70. The standard InChI is InChI=1S/C23H28N4OS/c1-4-17(3)24-22(28)20-13-11-19(12-14-20)16-29-23-26-25-21(27(23)5-2)15-18-9-7-6-8-10-18/h6-14,17H,4-5,15-16H2,1-3H3,(H,24,28). The van der Waals surface area contributed by atoms with Gasteiger partial charge in [-0.1, -0.05) is 61.2 Å². The van der Waals surface area contributed by atoms with Crippen LogP contribution in [0.15, 0.2) is 59.8 Å². The van der Waals surface area contributed by atoms with Gasteiger partial charge in [-0.25, -0.2) is 0 Å². The first-order chi connectivity index (χ1) is 14.1. The number of nitrogens with one attached hydrogen (secondary N) is 1. The fourth-order valence-corrected chi connectivity index (χ4v) is 3.94. The molecule has 0 fully saturated rings. The summed E-state index contributed by atoms with van der Waals surface area (Å²) >= 11 is 1.67. The fourth-order valence-electron chi connectivity index (χ4n) is 2.96. The Morgan fingerprint density at radius 2 is 1.76 bits per heavy atom. The van der Waals surface area contributed by atoms with Gasteiger partial charge in [-0.05, 0) is 43.5 Å². The normalized spacial score (nSPS) is 12.0. The molecule has 0 aliphatic heterocycles. The molecular weight excluding hydrogens is 380 g/mol. The lowest BCUT2D eigenvalue weighted by molar-refractivity contribution is 0.0939. The van der Waals surface area contributed by atoms with Gasteiger partial charge >= 0.3 is 0 Å². The average molecular weight is 409 g/mol. The molecular formula is C23H28N4OS. The summed E-state index contributed by atoms with van der Waals surface area (Å²) in [6.45, 7) is 7.03. The number of rotatable bonds is 9. The number of amides is 1. The number of thioether (sulfide) groups is 1. The van der Waals surface area contributed by atoms with Gasteiger partial charge in [-0.15, -0.1) is 10.2 Å². The topological polar surface area (TPSA) is 59.8 Å². The highest BCUT2D eigenvalue weighted by Crippen LogP contribution is 2.23. The molecule has 0 saturated carbocycles. The molecule has 1 N–H and O–H groups in total. The minimum atomic E-state index is -0.0187. The number of hydrogen-bond acceptors (Lipinski definition) is 4. The summed E-state index contributed by atoms with van der Waals surface area (Å²) in [5.41, 5.74) is 3.09. The average Bonchev–Trinajstić information content (AvgIpc) is 3.14. The Morgan fingerprint density at radius 1 is 1.03 bits per heavy atom. The Kier molecular flexibility index (Phi) is 7.47. The van der Waals surface area contributed by atoms with Gasteiger partial charge in [-0.2, -0.15) is 0 Å². The van der Waals surface area contributed by atoms with Gasteiger partial charge in [0.2, 0.25) is 0 Å². The lowest BCUT2D eigenvalue weighted by Crippen LogP contribution is -2.31. The molecule has 1 atom stereocenters. The monoisotopic (exact) mass is 408 g/mol. The zero-order valence-electron chi connectivity index (χ0n) is 17.3. The molecule has 0 bridgehead atoms. The maximum absolute atomic E-state index is 12.2. The molecule has 1 unspecified atom stereocenters. The van der Waals surface area contributed by atoms with E-state index >= 15 is 0 Å². The molecule has 6 heteroatoms. The summed E-state index contributed by atoms with van der Waals surface area (Å²) in [5, 5.41) is 12.7. The Morgan fingerprint density at radius 3 is 2.41 bits per heavy atom. The van der Waals surface area contributed by atoms with Crippen LogP contribution in [0.5, 0.6) is 0 Å². The molecule has 0 aliphatic rings. The number of aromatic nitrogens is 3. The van der Waals surface area contributed by atoms with E-state index in [9.17, 15) is 4.79 Å². The van der Waals surface area contributed by atoms with E-state index in [1.54, 1.807) is 11.8 Å². The number of carbonyl (C=O) groups excluding carboxylic acids is 1. The molecule has 152 valence electrons. The third-order valence-electron chi connectivity index (χ3n) is 4.89. The van der Waals surface area contributed by atoms with Crippen molar-refractivity contribution >= 4 is 17.7 Å². The molecule has 1 amide bonds. The van der Waals surface area contributed by atoms with E-state index in [0.717, 1.165) is 41.7 Å². The highest BCUT2D eigenvalue weighted by molar-refractivity contribution is 7.98. The van der Waals surface area contributed by atoms with Crippen LogP contribution in [0.3, 0.4) is 0 Å². The summed E-state index contributed by atoms with van der Waals surface area (Å²) in [5.74, 6) is 1.75. The fraction of sp³-hybridized carbons (Fsp3) is 0.348. The van der Waals surface area contributed by atoms with E-state index in [0.29, 0.717) is 5.56 Å². The van der Waals surface area contributed by atoms with Crippen molar-refractivity contribution < 1.29 is 4.79 Å². The van der Waals surface area contributed by atoms with E-state index in [2.05, 4.69) is 46.1 Å². The number of hydrogen-bond donors (Lipinski definition) is 1. The predicted molar refractivity (Wildman–Crippen MR) is 118 cm³/mol.